The summed E-state index contributed by atoms with van der Waals surface area (Å²) < 4.78 is 37.3. The highest BCUT2D eigenvalue weighted by Crippen LogP contribution is 2.20. The number of morpholine rings is 1. The van der Waals surface area contributed by atoms with Crippen molar-refractivity contribution in [1.82, 2.24) is 4.31 Å². The molecule has 0 unspecified atom stereocenters. The summed E-state index contributed by atoms with van der Waals surface area (Å²) in [6.45, 7) is 5.40. The normalized spacial score (nSPS) is 14.7. The van der Waals surface area contributed by atoms with Crippen LogP contribution in [0.5, 0.6) is 0 Å². The van der Waals surface area contributed by atoms with Crippen LogP contribution in [-0.4, -0.2) is 57.6 Å². The van der Waals surface area contributed by atoms with Crippen LogP contribution in [0, 0.1) is 5.92 Å². The van der Waals surface area contributed by atoms with Crippen molar-refractivity contribution < 1.29 is 27.5 Å². The quantitative estimate of drug-likeness (QED) is 0.655. The molecule has 172 valence electrons. The zero-order valence-corrected chi connectivity index (χ0v) is 18.9. The third-order valence-electron chi connectivity index (χ3n) is 4.62. The van der Waals surface area contributed by atoms with E-state index in [1.807, 2.05) is 13.8 Å². The molecule has 32 heavy (non-hydrogen) atoms. The van der Waals surface area contributed by atoms with Crippen molar-refractivity contribution in [2.24, 2.45) is 5.92 Å². The van der Waals surface area contributed by atoms with Gasteiger partial charge in [-0.15, -0.1) is 0 Å². The SMILES string of the molecule is CC(C)COC(=O)Nc1cccc(NC(=O)c2cccc(S(=O)(=O)N3CCOCC3)c2)c1. The predicted octanol–water partition coefficient (Wildman–Crippen LogP) is 3.16. The Morgan fingerprint density at radius 3 is 2.38 bits per heavy atom. The van der Waals surface area contributed by atoms with Gasteiger partial charge >= 0.3 is 6.09 Å². The second kappa shape index (κ2) is 10.6. The van der Waals surface area contributed by atoms with Gasteiger partial charge in [0, 0.05) is 30.0 Å². The first-order valence-corrected chi connectivity index (χ1v) is 11.7. The molecule has 1 fully saturated rings. The summed E-state index contributed by atoms with van der Waals surface area (Å²) >= 11 is 0. The number of hydrogen-bond donors (Lipinski definition) is 2. The van der Waals surface area contributed by atoms with E-state index < -0.39 is 22.0 Å². The zero-order valence-electron chi connectivity index (χ0n) is 18.0. The van der Waals surface area contributed by atoms with E-state index in [9.17, 15) is 18.0 Å². The lowest BCUT2D eigenvalue weighted by molar-refractivity contribution is 0.0730. The van der Waals surface area contributed by atoms with E-state index in [4.69, 9.17) is 9.47 Å². The highest BCUT2D eigenvalue weighted by Gasteiger charge is 2.26. The predicted molar refractivity (Wildman–Crippen MR) is 120 cm³/mol. The van der Waals surface area contributed by atoms with Crippen LogP contribution in [0.15, 0.2) is 53.4 Å². The topological polar surface area (TPSA) is 114 Å². The number of carbonyl (C=O) groups excluding carboxylic acids is 2. The van der Waals surface area contributed by atoms with Crippen LogP contribution in [0.3, 0.4) is 0 Å². The molecule has 0 spiro atoms. The van der Waals surface area contributed by atoms with Crippen molar-refractivity contribution in [3.8, 4) is 0 Å². The number of sulfonamides is 1. The minimum atomic E-state index is -3.71. The van der Waals surface area contributed by atoms with E-state index in [0.29, 0.717) is 31.2 Å². The molecule has 0 bridgehead atoms. The third-order valence-corrected chi connectivity index (χ3v) is 6.51. The number of rotatable bonds is 7. The lowest BCUT2D eigenvalue weighted by Gasteiger charge is -2.26. The number of ether oxygens (including phenoxy) is 2. The summed E-state index contributed by atoms with van der Waals surface area (Å²) in [6.07, 6.45) is -0.580. The fraction of sp³-hybridized carbons (Fsp3) is 0.364. The Labute approximate surface area is 187 Å². The summed E-state index contributed by atoms with van der Waals surface area (Å²) in [4.78, 5) is 24.6. The summed E-state index contributed by atoms with van der Waals surface area (Å²) in [7, 11) is -3.71. The van der Waals surface area contributed by atoms with Crippen molar-refractivity contribution in [3.05, 3.63) is 54.1 Å². The Morgan fingerprint density at radius 1 is 1.03 bits per heavy atom. The summed E-state index contributed by atoms with van der Waals surface area (Å²) in [5.41, 5.74) is 1.10. The maximum absolute atomic E-state index is 12.8. The van der Waals surface area contributed by atoms with Crippen LogP contribution in [0.25, 0.3) is 0 Å². The second-order valence-corrected chi connectivity index (χ2v) is 9.63. The van der Waals surface area contributed by atoms with E-state index in [0.717, 1.165) is 0 Å². The van der Waals surface area contributed by atoms with Gasteiger partial charge in [0.1, 0.15) is 0 Å². The Kier molecular flexibility index (Phi) is 7.84. The average Bonchev–Trinajstić information content (AvgIpc) is 2.78. The van der Waals surface area contributed by atoms with Gasteiger partial charge in [-0.05, 0) is 42.3 Å². The highest BCUT2D eigenvalue weighted by molar-refractivity contribution is 7.89. The molecule has 0 radical (unpaired) electrons. The minimum Gasteiger partial charge on any atom is -0.449 e. The van der Waals surface area contributed by atoms with E-state index in [2.05, 4.69) is 10.6 Å². The van der Waals surface area contributed by atoms with Crippen molar-refractivity contribution >= 4 is 33.4 Å². The molecule has 1 heterocycles. The Balaban J connectivity index is 1.69. The van der Waals surface area contributed by atoms with Crippen LogP contribution in [0.2, 0.25) is 0 Å². The molecule has 1 aliphatic rings. The smallest absolute Gasteiger partial charge is 0.411 e. The number of nitrogens with one attached hydrogen (secondary N) is 2. The number of carbonyl (C=O) groups is 2. The number of anilines is 2. The van der Waals surface area contributed by atoms with Gasteiger partial charge < -0.3 is 14.8 Å². The first-order chi connectivity index (χ1) is 15.3. The standard InChI is InChI=1S/C22H27N3O6S/c1-16(2)15-31-22(27)24-19-7-4-6-18(14-19)23-21(26)17-5-3-8-20(13-17)32(28,29)25-9-11-30-12-10-25/h3-8,13-14,16H,9-12,15H2,1-2H3,(H,23,26)(H,24,27). The van der Waals surface area contributed by atoms with Crippen LogP contribution in [0.4, 0.5) is 16.2 Å². The van der Waals surface area contributed by atoms with Gasteiger partial charge in [-0.1, -0.05) is 26.0 Å². The van der Waals surface area contributed by atoms with Gasteiger partial charge in [-0.2, -0.15) is 4.31 Å². The van der Waals surface area contributed by atoms with Crippen LogP contribution < -0.4 is 10.6 Å². The molecule has 1 aliphatic heterocycles. The molecular weight excluding hydrogens is 434 g/mol. The maximum Gasteiger partial charge on any atom is 0.411 e. The molecule has 2 amide bonds. The molecule has 10 heteroatoms. The van der Waals surface area contributed by atoms with Crippen molar-refractivity contribution in [1.29, 1.82) is 0 Å². The number of amides is 2. The van der Waals surface area contributed by atoms with Gasteiger partial charge in [-0.25, -0.2) is 13.2 Å². The molecule has 0 aromatic heterocycles. The fourth-order valence-electron chi connectivity index (χ4n) is 3.01. The van der Waals surface area contributed by atoms with Gasteiger partial charge in [-0.3, -0.25) is 10.1 Å². The molecule has 1 saturated heterocycles. The first kappa shape index (κ1) is 23.7. The van der Waals surface area contributed by atoms with Crippen LogP contribution in [0.1, 0.15) is 24.2 Å². The number of hydrogen-bond acceptors (Lipinski definition) is 6. The Morgan fingerprint density at radius 2 is 1.69 bits per heavy atom. The van der Waals surface area contributed by atoms with E-state index >= 15 is 0 Å². The molecular formula is C22H27N3O6S. The van der Waals surface area contributed by atoms with Crippen LogP contribution in [-0.2, 0) is 19.5 Å². The second-order valence-electron chi connectivity index (χ2n) is 7.70. The summed E-state index contributed by atoms with van der Waals surface area (Å²) in [5, 5.41) is 5.33. The monoisotopic (exact) mass is 461 g/mol. The van der Waals surface area contributed by atoms with Gasteiger partial charge in [0.05, 0.1) is 24.7 Å². The van der Waals surface area contributed by atoms with Gasteiger partial charge in [0.15, 0.2) is 0 Å². The van der Waals surface area contributed by atoms with Gasteiger partial charge in [0.2, 0.25) is 10.0 Å². The third kappa shape index (κ3) is 6.28. The largest absolute Gasteiger partial charge is 0.449 e. The Hall–Kier alpha value is -2.95. The van der Waals surface area contributed by atoms with E-state index in [1.54, 1.807) is 30.3 Å². The molecule has 0 aliphatic carbocycles. The van der Waals surface area contributed by atoms with Crippen molar-refractivity contribution in [3.63, 3.8) is 0 Å². The molecule has 2 aromatic carbocycles. The first-order valence-electron chi connectivity index (χ1n) is 10.3. The molecule has 2 aromatic rings. The van der Waals surface area contributed by atoms with E-state index in [1.165, 1.54) is 22.5 Å². The molecule has 0 atom stereocenters. The molecule has 9 nitrogen and oxygen atoms in total. The van der Waals surface area contributed by atoms with Crippen molar-refractivity contribution in [2.45, 2.75) is 18.7 Å². The number of nitrogens with zero attached hydrogens (tertiary/aromatic N) is 1. The summed E-state index contributed by atoms with van der Waals surface area (Å²) in [5.74, 6) is -0.252. The lowest BCUT2D eigenvalue weighted by Crippen LogP contribution is -2.40. The zero-order chi connectivity index (χ0) is 23.1. The van der Waals surface area contributed by atoms with Crippen molar-refractivity contribution in [2.75, 3.05) is 43.5 Å². The number of benzene rings is 2. The van der Waals surface area contributed by atoms with Gasteiger partial charge in [0.25, 0.3) is 5.91 Å². The molecule has 2 N–H and O–H groups in total. The van der Waals surface area contributed by atoms with Crippen LogP contribution >= 0.6 is 0 Å². The Bertz CT molecular complexity index is 1060. The lowest BCUT2D eigenvalue weighted by atomic mass is 10.2. The van der Waals surface area contributed by atoms with E-state index in [-0.39, 0.29) is 29.5 Å². The maximum atomic E-state index is 12.8. The fourth-order valence-corrected chi connectivity index (χ4v) is 4.46. The summed E-state index contributed by atoms with van der Waals surface area (Å²) in [6, 6.07) is 12.5. The molecule has 3 rings (SSSR count). The molecule has 0 saturated carbocycles. The minimum absolute atomic E-state index is 0.0513. The average molecular weight is 462 g/mol. The highest BCUT2D eigenvalue weighted by atomic mass is 32.2.